The normalized spacial score (nSPS) is 14.6. The van der Waals surface area contributed by atoms with Crippen LogP contribution in [0.2, 0.25) is 0 Å². The summed E-state index contributed by atoms with van der Waals surface area (Å²) < 4.78 is 21.4. The standard InChI is InChI=1S/C17H12O5/c18-17(12-7-11-3-1-2-4-14(11)19-9-12)22-13-5-6-15-16(8-13)21-10-20-15/h1-8H,9-10H2. The average molecular weight is 296 g/mol. The highest BCUT2D eigenvalue weighted by atomic mass is 16.7. The van der Waals surface area contributed by atoms with Crippen molar-refractivity contribution in [3.63, 3.8) is 0 Å². The van der Waals surface area contributed by atoms with Gasteiger partial charge in [0.25, 0.3) is 0 Å². The summed E-state index contributed by atoms with van der Waals surface area (Å²) in [6.45, 7) is 0.378. The molecule has 0 saturated carbocycles. The lowest BCUT2D eigenvalue weighted by Gasteiger charge is -2.16. The molecule has 0 atom stereocenters. The van der Waals surface area contributed by atoms with Crippen molar-refractivity contribution in [1.29, 1.82) is 0 Å². The summed E-state index contributed by atoms with van der Waals surface area (Å²) >= 11 is 0. The number of carbonyl (C=O) groups is 1. The summed E-state index contributed by atoms with van der Waals surface area (Å²) in [5.41, 5.74) is 1.34. The van der Waals surface area contributed by atoms with Crippen LogP contribution in [0.4, 0.5) is 0 Å². The molecule has 0 spiro atoms. The quantitative estimate of drug-likeness (QED) is 0.630. The van der Waals surface area contributed by atoms with E-state index in [-0.39, 0.29) is 13.4 Å². The molecule has 0 aliphatic carbocycles. The molecule has 0 bridgehead atoms. The highest BCUT2D eigenvalue weighted by molar-refractivity contribution is 5.96. The first-order valence-corrected chi connectivity index (χ1v) is 6.84. The molecule has 5 nitrogen and oxygen atoms in total. The zero-order chi connectivity index (χ0) is 14.9. The molecule has 5 heteroatoms. The van der Waals surface area contributed by atoms with Crippen LogP contribution >= 0.6 is 0 Å². The van der Waals surface area contributed by atoms with Crippen molar-refractivity contribution in [3.05, 3.63) is 53.6 Å². The van der Waals surface area contributed by atoms with Gasteiger partial charge in [0.2, 0.25) is 6.79 Å². The highest BCUT2D eigenvalue weighted by Crippen LogP contribution is 2.35. The molecular formula is C17H12O5. The second-order valence-electron chi connectivity index (χ2n) is 4.90. The Labute approximate surface area is 126 Å². The number of esters is 1. The number of carbonyl (C=O) groups excluding carboxylic acids is 1. The number of hydrogen-bond acceptors (Lipinski definition) is 5. The van der Waals surface area contributed by atoms with E-state index in [0.717, 1.165) is 11.3 Å². The second-order valence-corrected chi connectivity index (χ2v) is 4.90. The van der Waals surface area contributed by atoms with E-state index in [9.17, 15) is 4.79 Å². The molecule has 0 unspecified atom stereocenters. The third-order valence-corrected chi connectivity index (χ3v) is 3.45. The van der Waals surface area contributed by atoms with Gasteiger partial charge in [0, 0.05) is 11.6 Å². The minimum Gasteiger partial charge on any atom is -0.488 e. The van der Waals surface area contributed by atoms with Gasteiger partial charge in [0.15, 0.2) is 11.5 Å². The lowest BCUT2D eigenvalue weighted by Crippen LogP contribution is -2.19. The van der Waals surface area contributed by atoms with Crippen molar-refractivity contribution >= 4 is 12.0 Å². The number of hydrogen-bond donors (Lipinski definition) is 0. The number of para-hydroxylation sites is 1. The SMILES string of the molecule is O=C(Oc1ccc2c(c1)OCO2)C1=Cc2ccccc2OC1. The van der Waals surface area contributed by atoms with Gasteiger partial charge in [-0.1, -0.05) is 18.2 Å². The summed E-state index contributed by atoms with van der Waals surface area (Å²) in [4.78, 5) is 12.2. The molecule has 22 heavy (non-hydrogen) atoms. The Morgan fingerprint density at radius 2 is 1.82 bits per heavy atom. The molecule has 0 amide bonds. The summed E-state index contributed by atoms with van der Waals surface area (Å²) in [7, 11) is 0. The topological polar surface area (TPSA) is 54.0 Å². The first-order chi connectivity index (χ1) is 10.8. The maximum atomic E-state index is 12.2. The smallest absolute Gasteiger partial charge is 0.342 e. The first-order valence-electron chi connectivity index (χ1n) is 6.84. The molecule has 2 aliphatic rings. The van der Waals surface area contributed by atoms with Crippen molar-refractivity contribution in [2.45, 2.75) is 0 Å². The van der Waals surface area contributed by atoms with Crippen molar-refractivity contribution in [2.75, 3.05) is 13.4 Å². The summed E-state index contributed by atoms with van der Waals surface area (Å²) in [6.07, 6.45) is 1.79. The Bertz CT molecular complexity index is 778. The Balaban J connectivity index is 1.55. The van der Waals surface area contributed by atoms with E-state index >= 15 is 0 Å². The molecule has 0 radical (unpaired) electrons. The van der Waals surface area contributed by atoms with Crippen LogP contribution in [0.1, 0.15) is 5.56 Å². The average Bonchev–Trinajstić information content (AvgIpc) is 3.02. The Morgan fingerprint density at radius 3 is 2.77 bits per heavy atom. The van der Waals surface area contributed by atoms with Crippen LogP contribution in [0.15, 0.2) is 48.0 Å². The van der Waals surface area contributed by atoms with Crippen LogP contribution in [-0.4, -0.2) is 19.4 Å². The first kappa shape index (κ1) is 12.8. The fourth-order valence-electron chi connectivity index (χ4n) is 2.35. The second kappa shape index (κ2) is 5.11. The van der Waals surface area contributed by atoms with E-state index < -0.39 is 5.97 Å². The minimum absolute atomic E-state index is 0.183. The molecule has 0 saturated heterocycles. The Hall–Kier alpha value is -2.95. The lowest BCUT2D eigenvalue weighted by atomic mass is 10.1. The zero-order valence-electron chi connectivity index (χ0n) is 11.6. The number of rotatable bonds is 2. The molecule has 110 valence electrons. The van der Waals surface area contributed by atoms with E-state index in [1.807, 2.05) is 24.3 Å². The van der Waals surface area contributed by atoms with E-state index in [2.05, 4.69) is 0 Å². The maximum Gasteiger partial charge on any atom is 0.342 e. The molecular weight excluding hydrogens is 284 g/mol. The van der Waals surface area contributed by atoms with E-state index in [1.165, 1.54) is 0 Å². The van der Waals surface area contributed by atoms with Gasteiger partial charge in [-0.3, -0.25) is 0 Å². The predicted octanol–water partition coefficient (Wildman–Crippen LogP) is 2.80. The number of benzene rings is 2. The molecule has 2 aromatic rings. The van der Waals surface area contributed by atoms with Crippen LogP contribution in [0.25, 0.3) is 6.08 Å². The maximum absolute atomic E-state index is 12.2. The largest absolute Gasteiger partial charge is 0.488 e. The van der Waals surface area contributed by atoms with Crippen molar-refractivity contribution in [1.82, 2.24) is 0 Å². The molecule has 4 rings (SSSR count). The molecule has 2 heterocycles. The highest BCUT2D eigenvalue weighted by Gasteiger charge is 2.20. The van der Waals surface area contributed by atoms with E-state index in [0.29, 0.717) is 22.8 Å². The third kappa shape index (κ3) is 2.26. The van der Waals surface area contributed by atoms with Gasteiger partial charge in [0.05, 0.1) is 5.57 Å². The van der Waals surface area contributed by atoms with Gasteiger partial charge in [0.1, 0.15) is 18.1 Å². The van der Waals surface area contributed by atoms with Gasteiger partial charge in [-0.25, -0.2) is 4.79 Å². The van der Waals surface area contributed by atoms with Gasteiger partial charge >= 0.3 is 5.97 Å². The van der Waals surface area contributed by atoms with Gasteiger partial charge in [-0.15, -0.1) is 0 Å². The van der Waals surface area contributed by atoms with Crippen LogP contribution in [0.5, 0.6) is 23.0 Å². The number of fused-ring (bicyclic) bond motifs is 2. The lowest BCUT2D eigenvalue weighted by molar-refractivity contribution is -0.130. The monoisotopic (exact) mass is 296 g/mol. The fourth-order valence-corrected chi connectivity index (χ4v) is 2.35. The summed E-state index contributed by atoms with van der Waals surface area (Å²) in [5, 5.41) is 0. The third-order valence-electron chi connectivity index (χ3n) is 3.45. The van der Waals surface area contributed by atoms with Gasteiger partial charge in [-0.2, -0.15) is 0 Å². The van der Waals surface area contributed by atoms with Crippen LogP contribution in [0, 0.1) is 0 Å². The van der Waals surface area contributed by atoms with Crippen molar-refractivity contribution < 1.29 is 23.7 Å². The fraction of sp³-hybridized carbons (Fsp3) is 0.118. The van der Waals surface area contributed by atoms with E-state index in [4.69, 9.17) is 18.9 Å². The van der Waals surface area contributed by atoms with Gasteiger partial charge in [-0.05, 0) is 24.3 Å². The predicted molar refractivity (Wildman–Crippen MR) is 78.1 cm³/mol. The van der Waals surface area contributed by atoms with E-state index in [1.54, 1.807) is 24.3 Å². The molecule has 0 fully saturated rings. The summed E-state index contributed by atoms with van der Waals surface area (Å²) in [6, 6.07) is 12.6. The Kier molecular flexibility index (Phi) is 2.96. The van der Waals surface area contributed by atoms with Crippen LogP contribution in [0.3, 0.4) is 0 Å². The Morgan fingerprint density at radius 1 is 0.955 bits per heavy atom. The summed E-state index contributed by atoms with van der Waals surface area (Å²) in [5.74, 6) is 1.96. The van der Waals surface area contributed by atoms with Crippen molar-refractivity contribution in [3.8, 4) is 23.0 Å². The molecule has 0 aromatic heterocycles. The van der Waals surface area contributed by atoms with Crippen LogP contribution in [-0.2, 0) is 4.79 Å². The number of ether oxygens (including phenoxy) is 4. The molecule has 2 aliphatic heterocycles. The molecule has 0 N–H and O–H groups in total. The minimum atomic E-state index is -0.437. The molecule has 2 aromatic carbocycles. The zero-order valence-corrected chi connectivity index (χ0v) is 11.6. The van der Waals surface area contributed by atoms with Crippen molar-refractivity contribution in [2.24, 2.45) is 0 Å². The van der Waals surface area contributed by atoms with Crippen LogP contribution < -0.4 is 18.9 Å². The van der Waals surface area contributed by atoms with Gasteiger partial charge < -0.3 is 18.9 Å².